The van der Waals surface area contributed by atoms with Crippen molar-refractivity contribution in [3.63, 3.8) is 0 Å². The molecular weight excluding hydrogens is 218 g/mol. The SMILES string of the molecule is CNc1nc(NCC(C)C2CC2)nc(OC)n1. The van der Waals surface area contributed by atoms with Gasteiger partial charge in [-0.15, -0.1) is 0 Å². The number of aromatic nitrogens is 3. The van der Waals surface area contributed by atoms with E-state index in [0.717, 1.165) is 12.5 Å². The Morgan fingerprint density at radius 1 is 1.29 bits per heavy atom. The predicted molar refractivity (Wildman–Crippen MR) is 66.3 cm³/mol. The Hall–Kier alpha value is -1.59. The molecule has 1 aliphatic rings. The fourth-order valence-corrected chi connectivity index (χ4v) is 1.72. The molecular formula is C11H19N5O. The molecule has 6 nitrogen and oxygen atoms in total. The van der Waals surface area contributed by atoms with Crippen LogP contribution in [0.5, 0.6) is 6.01 Å². The van der Waals surface area contributed by atoms with Crippen LogP contribution in [0, 0.1) is 11.8 Å². The number of nitrogens with one attached hydrogen (secondary N) is 2. The van der Waals surface area contributed by atoms with E-state index in [0.29, 0.717) is 23.8 Å². The molecule has 0 amide bonds. The van der Waals surface area contributed by atoms with Gasteiger partial charge in [0.15, 0.2) is 0 Å². The maximum absolute atomic E-state index is 5.02. The first kappa shape index (κ1) is 11.9. The van der Waals surface area contributed by atoms with Crippen LogP contribution < -0.4 is 15.4 Å². The van der Waals surface area contributed by atoms with Crippen molar-refractivity contribution in [2.75, 3.05) is 31.3 Å². The number of hydrogen-bond acceptors (Lipinski definition) is 6. The first-order valence-corrected chi connectivity index (χ1v) is 5.94. The third-order valence-electron chi connectivity index (χ3n) is 3.03. The van der Waals surface area contributed by atoms with Gasteiger partial charge in [-0.05, 0) is 24.7 Å². The third-order valence-corrected chi connectivity index (χ3v) is 3.03. The third kappa shape index (κ3) is 3.18. The maximum Gasteiger partial charge on any atom is 0.322 e. The van der Waals surface area contributed by atoms with Gasteiger partial charge in [0, 0.05) is 13.6 Å². The summed E-state index contributed by atoms with van der Waals surface area (Å²) in [5, 5.41) is 6.12. The van der Waals surface area contributed by atoms with Crippen molar-refractivity contribution in [3.8, 4) is 6.01 Å². The van der Waals surface area contributed by atoms with Crippen LogP contribution >= 0.6 is 0 Å². The van der Waals surface area contributed by atoms with Crippen LogP contribution in [-0.4, -0.2) is 35.7 Å². The van der Waals surface area contributed by atoms with E-state index in [9.17, 15) is 0 Å². The Balaban J connectivity index is 1.98. The molecule has 1 unspecified atom stereocenters. The second-order valence-corrected chi connectivity index (χ2v) is 4.41. The maximum atomic E-state index is 5.02. The summed E-state index contributed by atoms with van der Waals surface area (Å²) in [6.45, 7) is 3.14. The smallest absolute Gasteiger partial charge is 0.322 e. The van der Waals surface area contributed by atoms with Gasteiger partial charge in [-0.2, -0.15) is 15.0 Å². The quantitative estimate of drug-likeness (QED) is 0.778. The van der Waals surface area contributed by atoms with Crippen LogP contribution in [0.1, 0.15) is 19.8 Å². The van der Waals surface area contributed by atoms with E-state index < -0.39 is 0 Å². The Morgan fingerprint density at radius 3 is 2.59 bits per heavy atom. The van der Waals surface area contributed by atoms with Crippen LogP contribution in [0.25, 0.3) is 0 Å². The van der Waals surface area contributed by atoms with Crippen molar-refractivity contribution in [2.24, 2.45) is 11.8 Å². The van der Waals surface area contributed by atoms with E-state index in [1.807, 2.05) is 0 Å². The van der Waals surface area contributed by atoms with Gasteiger partial charge in [-0.1, -0.05) is 6.92 Å². The fraction of sp³-hybridized carbons (Fsp3) is 0.727. The van der Waals surface area contributed by atoms with Crippen LogP contribution in [0.3, 0.4) is 0 Å². The standard InChI is InChI=1S/C11H19N5O/c1-7(8-4-5-8)6-13-10-14-9(12-2)15-11(16-10)17-3/h7-8H,4-6H2,1-3H3,(H2,12,13,14,15,16). The Labute approximate surface area is 101 Å². The molecule has 94 valence electrons. The molecule has 1 aromatic heterocycles. The van der Waals surface area contributed by atoms with E-state index in [4.69, 9.17) is 4.74 Å². The highest BCUT2D eigenvalue weighted by Gasteiger charge is 2.27. The molecule has 1 aromatic rings. The van der Waals surface area contributed by atoms with Crippen LogP contribution in [0.2, 0.25) is 0 Å². The molecule has 6 heteroatoms. The number of ether oxygens (including phenoxy) is 1. The van der Waals surface area contributed by atoms with Crippen molar-refractivity contribution < 1.29 is 4.74 Å². The highest BCUT2D eigenvalue weighted by Crippen LogP contribution is 2.36. The average molecular weight is 237 g/mol. The van der Waals surface area contributed by atoms with Gasteiger partial charge in [-0.3, -0.25) is 0 Å². The van der Waals surface area contributed by atoms with Crippen molar-refractivity contribution in [1.82, 2.24) is 15.0 Å². The fourth-order valence-electron chi connectivity index (χ4n) is 1.72. The minimum atomic E-state index is 0.325. The van der Waals surface area contributed by atoms with Crippen LogP contribution in [0.4, 0.5) is 11.9 Å². The zero-order valence-electron chi connectivity index (χ0n) is 10.5. The summed E-state index contributed by atoms with van der Waals surface area (Å²) < 4.78 is 5.02. The van der Waals surface area contributed by atoms with E-state index in [2.05, 4.69) is 32.5 Å². The molecule has 17 heavy (non-hydrogen) atoms. The van der Waals surface area contributed by atoms with Crippen molar-refractivity contribution in [2.45, 2.75) is 19.8 Å². The molecule has 1 fully saturated rings. The van der Waals surface area contributed by atoms with E-state index >= 15 is 0 Å². The lowest BCUT2D eigenvalue weighted by Gasteiger charge is -2.12. The minimum Gasteiger partial charge on any atom is -0.467 e. The molecule has 2 N–H and O–H groups in total. The summed E-state index contributed by atoms with van der Waals surface area (Å²) in [6.07, 6.45) is 2.70. The van der Waals surface area contributed by atoms with Crippen molar-refractivity contribution in [3.05, 3.63) is 0 Å². The molecule has 1 heterocycles. The van der Waals surface area contributed by atoms with Gasteiger partial charge in [-0.25, -0.2) is 0 Å². The lowest BCUT2D eigenvalue weighted by Crippen LogP contribution is -2.15. The Kier molecular flexibility index (Phi) is 3.61. The highest BCUT2D eigenvalue weighted by atomic mass is 16.5. The second-order valence-electron chi connectivity index (χ2n) is 4.41. The number of nitrogens with zero attached hydrogens (tertiary/aromatic N) is 3. The summed E-state index contributed by atoms with van der Waals surface area (Å²) in [5.74, 6) is 2.61. The molecule has 0 aromatic carbocycles. The van der Waals surface area contributed by atoms with Gasteiger partial charge in [0.25, 0.3) is 0 Å². The monoisotopic (exact) mass is 237 g/mol. The molecule has 0 radical (unpaired) electrons. The zero-order chi connectivity index (χ0) is 12.3. The Bertz CT molecular complexity index is 358. The van der Waals surface area contributed by atoms with Gasteiger partial charge in [0.1, 0.15) is 0 Å². The molecule has 0 spiro atoms. The summed E-state index contributed by atoms with van der Waals surface area (Å²) >= 11 is 0. The lowest BCUT2D eigenvalue weighted by atomic mass is 10.1. The number of rotatable bonds is 6. The largest absolute Gasteiger partial charge is 0.467 e. The van der Waals surface area contributed by atoms with E-state index in [-0.39, 0.29) is 0 Å². The van der Waals surface area contributed by atoms with Gasteiger partial charge < -0.3 is 15.4 Å². The summed E-state index contributed by atoms with van der Waals surface area (Å²) in [6, 6.07) is 0.325. The van der Waals surface area contributed by atoms with E-state index in [1.54, 1.807) is 14.2 Å². The first-order valence-electron chi connectivity index (χ1n) is 5.94. The first-order chi connectivity index (χ1) is 8.22. The van der Waals surface area contributed by atoms with Crippen LogP contribution in [-0.2, 0) is 0 Å². The molecule has 0 saturated heterocycles. The summed E-state index contributed by atoms with van der Waals surface area (Å²) in [4.78, 5) is 12.4. The molecule has 0 bridgehead atoms. The number of hydrogen-bond donors (Lipinski definition) is 2. The van der Waals surface area contributed by atoms with Crippen molar-refractivity contribution in [1.29, 1.82) is 0 Å². The van der Waals surface area contributed by atoms with Gasteiger partial charge in [0.2, 0.25) is 11.9 Å². The molecule has 1 aliphatic carbocycles. The topological polar surface area (TPSA) is 72.0 Å². The normalized spacial score (nSPS) is 16.4. The van der Waals surface area contributed by atoms with Gasteiger partial charge >= 0.3 is 6.01 Å². The molecule has 2 rings (SSSR count). The number of methoxy groups -OCH3 is 1. The molecule has 1 saturated carbocycles. The Morgan fingerprint density at radius 2 is 2.00 bits per heavy atom. The average Bonchev–Trinajstić information content (AvgIpc) is 3.19. The van der Waals surface area contributed by atoms with E-state index in [1.165, 1.54) is 12.8 Å². The molecule has 1 atom stereocenters. The predicted octanol–water partition coefficient (Wildman–Crippen LogP) is 1.38. The highest BCUT2D eigenvalue weighted by molar-refractivity contribution is 5.35. The van der Waals surface area contributed by atoms with Gasteiger partial charge in [0.05, 0.1) is 7.11 Å². The molecule has 0 aliphatic heterocycles. The second kappa shape index (κ2) is 5.16. The van der Waals surface area contributed by atoms with Crippen molar-refractivity contribution >= 4 is 11.9 Å². The summed E-state index contributed by atoms with van der Waals surface area (Å²) in [5.41, 5.74) is 0. The van der Waals surface area contributed by atoms with Crippen LogP contribution in [0.15, 0.2) is 0 Å². The zero-order valence-corrected chi connectivity index (χ0v) is 10.5. The number of anilines is 2. The lowest BCUT2D eigenvalue weighted by molar-refractivity contribution is 0.379. The minimum absolute atomic E-state index is 0.325. The summed E-state index contributed by atoms with van der Waals surface area (Å²) in [7, 11) is 3.32.